The van der Waals surface area contributed by atoms with Crippen LogP contribution in [0.25, 0.3) is 10.8 Å². The second-order valence-corrected chi connectivity index (χ2v) is 7.59. The molecule has 144 valence electrons. The van der Waals surface area contributed by atoms with Crippen LogP contribution in [0.5, 0.6) is 0 Å². The number of pyridine rings is 1. The maximum atomic E-state index is 11.4. The predicted octanol–water partition coefficient (Wildman–Crippen LogP) is 4.87. The standard InChI is InChI=1S/C21H21ClN4O2/c22-17-7-6-16(21(11-17)26(27)28)13-25-10-2-4-18(14-25)24-20-5-1-3-15-12-23-9-8-19(15)20/h1,3,5-9,11-12,18,24H,2,4,10,13-14H2. The number of piperidine rings is 1. The van der Waals surface area contributed by atoms with Gasteiger partial charge in [-0.15, -0.1) is 0 Å². The Morgan fingerprint density at radius 3 is 3.04 bits per heavy atom. The Morgan fingerprint density at radius 2 is 2.18 bits per heavy atom. The van der Waals surface area contributed by atoms with Crippen LogP contribution in [0.3, 0.4) is 0 Å². The average molecular weight is 397 g/mol. The lowest BCUT2D eigenvalue weighted by molar-refractivity contribution is -0.385. The molecule has 1 N–H and O–H groups in total. The van der Waals surface area contributed by atoms with Gasteiger partial charge in [-0.25, -0.2) is 0 Å². The lowest BCUT2D eigenvalue weighted by Gasteiger charge is -2.33. The fraction of sp³-hybridized carbons (Fsp3) is 0.286. The molecule has 0 bridgehead atoms. The van der Waals surface area contributed by atoms with Crippen LogP contribution in [0.4, 0.5) is 11.4 Å². The first-order valence-electron chi connectivity index (χ1n) is 9.34. The molecule has 1 fully saturated rings. The van der Waals surface area contributed by atoms with E-state index in [1.54, 1.807) is 18.3 Å². The van der Waals surface area contributed by atoms with Gasteiger partial charge in [0, 0.05) is 64.6 Å². The summed E-state index contributed by atoms with van der Waals surface area (Å²) in [7, 11) is 0. The smallest absolute Gasteiger partial charge is 0.275 e. The largest absolute Gasteiger partial charge is 0.381 e. The second-order valence-electron chi connectivity index (χ2n) is 7.15. The Morgan fingerprint density at radius 1 is 1.29 bits per heavy atom. The molecule has 2 aromatic carbocycles. The molecule has 0 amide bonds. The van der Waals surface area contributed by atoms with E-state index in [2.05, 4.69) is 27.3 Å². The van der Waals surface area contributed by atoms with Crippen molar-refractivity contribution in [1.29, 1.82) is 0 Å². The molecule has 1 saturated heterocycles. The maximum absolute atomic E-state index is 11.4. The van der Waals surface area contributed by atoms with E-state index < -0.39 is 0 Å². The summed E-state index contributed by atoms with van der Waals surface area (Å²) < 4.78 is 0. The minimum absolute atomic E-state index is 0.0872. The van der Waals surface area contributed by atoms with Crippen LogP contribution >= 0.6 is 11.6 Å². The van der Waals surface area contributed by atoms with Crippen molar-refractivity contribution in [1.82, 2.24) is 9.88 Å². The van der Waals surface area contributed by atoms with E-state index in [-0.39, 0.29) is 10.6 Å². The van der Waals surface area contributed by atoms with E-state index in [0.717, 1.165) is 42.4 Å². The van der Waals surface area contributed by atoms with Gasteiger partial charge in [0.15, 0.2) is 0 Å². The van der Waals surface area contributed by atoms with Crippen molar-refractivity contribution in [3.63, 3.8) is 0 Å². The van der Waals surface area contributed by atoms with Crippen molar-refractivity contribution >= 4 is 33.7 Å². The summed E-state index contributed by atoms with van der Waals surface area (Å²) in [4.78, 5) is 17.5. The number of nitrogens with zero attached hydrogens (tertiary/aromatic N) is 3. The molecular formula is C21H21ClN4O2. The number of nitrogens with one attached hydrogen (secondary N) is 1. The number of nitro groups is 1. The monoisotopic (exact) mass is 396 g/mol. The lowest BCUT2D eigenvalue weighted by Crippen LogP contribution is -2.41. The van der Waals surface area contributed by atoms with E-state index in [0.29, 0.717) is 23.2 Å². The highest BCUT2D eigenvalue weighted by atomic mass is 35.5. The molecule has 2 heterocycles. The van der Waals surface area contributed by atoms with Gasteiger partial charge in [-0.1, -0.05) is 23.7 Å². The first-order chi connectivity index (χ1) is 13.6. The molecule has 4 rings (SSSR count). The number of aromatic nitrogens is 1. The molecule has 0 spiro atoms. The van der Waals surface area contributed by atoms with E-state index in [4.69, 9.17) is 11.6 Å². The van der Waals surface area contributed by atoms with E-state index in [9.17, 15) is 10.1 Å². The summed E-state index contributed by atoms with van der Waals surface area (Å²) in [6.45, 7) is 2.31. The number of fused-ring (bicyclic) bond motifs is 1. The highest BCUT2D eigenvalue weighted by Crippen LogP contribution is 2.27. The Balaban J connectivity index is 1.49. The van der Waals surface area contributed by atoms with Crippen molar-refractivity contribution in [3.05, 3.63) is 75.6 Å². The zero-order chi connectivity index (χ0) is 19.5. The molecule has 0 radical (unpaired) electrons. The molecule has 1 atom stereocenters. The molecular weight excluding hydrogens is 376 g/mol. The topological polar surface area (TPSA) is 71.3 Å². The summed E-state index contributed by atoms with van der Waals surface area (Å²) >= 11 is 5.93. The fourth-order valence-electron chi connectivity index (χ4n) is 3.87. The van der Waals surface area contributed by atoms with Crippen LogP contribution in [0.2, 0.25) is 5.02 Å². The molecule has 1 unspecified atom stereocenters. The number of likely N-dealkylation sites (tertiary alicyclic amines) is 1. The average Bonchev–Trinajstić information content (AvgIpc) is 2.70. The Hall–Kier alpha value is -2.70. The first-order valence-corrected chi connectivity index (χ1v) is 9.72. The fourth-order valence-corrected chi connectivity index (χ4v) is 4.03. The van der Waals surface area contributed by atoms with Crippen LogP contribution in [-0.2, 0) is 6.54 Å². The molecule has 28 heavy (non-hydrogen) atoms. The minimum Gasteiger partial charge on any atom is -0.381 e. The van der Waals surface area contributed by atoms with E-state index in [1.165, 1.54) is 6.07 Å². The number of halogens is 1. The SMILES string of the molecule is O=[N+]([O-])c1cc(Cl)ccc1CN1CCCC(Nc2cccc3cnccc23)C1. The predicted molar refractivity (Wildman–Crippen MR) is 112 cm³/mol. The minimum atomic E-state index is -0.356. The van der Waals surface area contributed by atoms with Gasteiger partial charge in [-0.05, 0) is 43.7 Å². The summed E-state index contributed by atoms with van der Waals surface area (Å²) in [5.74, 6) is 0. The van der Waals surface area contributed by atoms with Gasteiger partial charge >= 0.3 is 0 Å². The van der Waals surface area contributed by atoms with Crippen LogP contribution in [0.1, 0.15) is 18.4 Å². The summed E-state index contributed by atoms with van der Waals surface area (Å²) in [6, 6.07) is 13.4. The quantitative estimate of drug-likeness (QED) is 0.492. The Kier molecular flexibility index (Phi) is 5.41. The van der Waals surface area contributed by atoms with Crippen LogP contribution in [-0.4, -0.2) is 33.9 Å². The third-order valence-electron chi connectivity index (χ3n) is 5.18. The summed E-state index contributed by atoms with van der Waals surface area (Å²) in [5.41, 5.74) is 1.89. The maximum Gasteiger partial charge on any atom is 0.275 e. The highest BCUT2D eigenvalue weighted by molar-refractivity contribution is 6.30. The zero-order valence-electron chi connectivity index (χ0n) is 15.3. The van der Waals surface area contributed by atoms with E-state index in [1.807, 2.05) is 18.3 Å². The van der Waals surface area contributed by atoms with Crippen LogP contribution in [0, 0.1) is 10.1 Å². The zero-order valence-corrected chi connectivity index (χ0v) is 16.1. The normalized spacial score (nSPS) is 17.5. The van der Waals surface area contributed by atoms with Crippen molar-refractivity contribution in [2.24, 2.45) is 0 Å². The molecule has 1 aliphatic rings. The Bertz CT molecular complexity index is 1010. The summed E-state index contributed by atoms with van der Waals surface area (Å²) in [6.07, 6.45) is 5.79. The van der Waals surface area contributed by atoms with Gasteiger partial charge in [0.05, 0.1) is 4.92 Å². The molecule has 6 nitrogen and oxygen atoms in total. The molecule has 1 aliphatic heterocycles. The first kappa shape index (κ1) is 18.7. The number of benzene rings is 2. The highest BCUT2D eigenvalue weighted by Gasteiger charge is 2.23. The van der Waals surface area contributed by atoms with E-state index >= 15 is 0 Å². The number of rotatable bonds is 5. The van der Waals surface area contributed by atoms with Crippen molar-refractivity contribution in [2.45, 2.75) is 25.4 Å². The Labute approximate surface area is 168 Å². The van der Waals surface area contributed by atoms with Gasteiger partial charge < -0.3 is 5.32 Å². The van der Waals surface area contributed by atoms with Gasteiger partial charge in [-0.3, -0.25) is 20.0 Å². The van der Waals surface area contributed by atoms with Crippen molar-refractivity contribution in [2.75, 3.05) is 18.4 Å². The number of anilines is 1. The third-order valence-corrected chi connectivity index (χ3v) is 5.42. The second kappa shape index (κ2) is 8.12. The van der Waals surface area contributed by atoms with Gasteiger partial charge in [0.2, 0.25) is 0 Å². The number of hydrogen-bond donors (Lipinski definition) is 1. The van der Waals surface area contributed by atoms with Crippen LogP contribution in [0.15, 0.2) is 54.9 Å². The van der Waals surface area contributed by atoms with Gasteiger partial charge in [0.25, 0.3) is 5.69 Å². The lowest BCUT2D eigenvalue weighted by atomic mass is 10.0. The van der Waals surface area contributed by atoms with Gasteiger partial charge in [0.1, 0.15) is 0 Å². The molecule has 3 aromatic rings. The molecule has 0 aliphatic carbocycles. The number of nitro benzene ring substituents is 1. The third kappa shape index (κ3) is 4.08. The molecule has 0 saturated carbocycles. The molecule has 1 aromatic heterocycles. The number of hydrogen-bond acceptors (Lipinski definition) is 5. The van der Waals surface area contributed by atoms with Crippen LogP contribution < -0.4 is 5.32 Å². The molecule has 7 heteroatoms. The van der Waals surface area contributed by atoms with Crippen molar-refractivity contribution in [3.8, 4) is 0 Å². The summed E-state index contributed by atoms with van der Waals surface area (Å²) in [5, 5.41) is 17.7. The van der Waals surface area contributed by atoms with Crippen molar-refractivity contribution < 1.29 is 4.92 Å². The van der Waals surface area contributed by atoms with Gasteiger partial charge in [-0.2, -0.15) is 0 Å².